The van der Waals surface area contributed by atoms with E-state index in [2.05, 4.69) is 5.32 Å². The highest BCUT2D eigenvalue weighted by Gasteiger charge is 2.38. The Morgan fingerprint density at radius 2 is 1.84 bits per heavy atom. The number of carbonyl (C=O) groups is 2. The van der Waals surface area contributed by atoms with Gasteiger partial charge in [-0.15, -0.1) is 0 Å². The van der Waals surface area contributed by atoms with Gasteiger partial charge in [-0.1, -0.05) is 42.3 Å². The highest BCUT2D eigenvalue weighted by molar-refractivity contribution is 6.42. The van der Waals surface area contributed by atoms with Crippen LogP contribution in [0.4, 0.5) is 0 Å². The van der Waals surface area contributed by atoms with Gasteiger partial charge < -0.3 is 15.2 Å². The second kappa shape index (κ2) is 7.93. The number of esters is 1. The van der Waals surface area contributed by atoms with Crippen LogP contribution >= 0.6 is 23.2 Å². The summed E-state index contributed by atoms with van der Waals surface area (Å²) in [5.41, 5.74) is 1.69. The first-order valence-electron chi connectivity index (χ1n) is 7.82. The number of carboxylic acids is 1. The summed E-state index contributed by atoms with van der Waals surface area (Å²) >= 11 is 12.4. The lowest BCUT2D eigenvalue weighted by atomic mass is 9.80. The number of halogens is 2. The predicted octanol–water partition coefficient (Wildman–Crippen LogP) is 4.27. The summed E-state index contributed by atoms with van der Waals surface area (Å²) in [5.74, 6) is -2.58. The second-order valence-corrected chi connectivity index (χ2v) is 6.50. The number of carbonyl (C=O) groups excluding carboxylic acids is 1. The average molecular weight is 384 g/mol. The molecule has 1 aliphatic rings. The summed E-state index contributed by atoms with van der Waals surface area (Å²) in [6.07, 6.45) is 0.661. The lowest BCUT2D eigenvalue weighted by Crippen LogP contribution is -2.32. The normalized spacial score (nSPS) is 17.4. The molecule has 0 radical (unpaired) electrons. The van der Waals surface area contributed by atoms with Crippen LogP contribution in [0.2, 0.25) is 10.0 Å². The number of aliphatic carboxylic acids is 1. The quantitative estimate of drug-likeness (QED) is 0.742. The Balaban J connectivity index is 2.67. The zero-order valence-electron chi connectivity index (χ0n) is 14.2. The summed E-state index contributed by atoms with van der Waals surface area (Å²) < 4.78 is 5.26. The number of hydrogen-bond acceptors (Lipinski definition) is 4. The maximum atomic E-state index is 12.6. The summed E-state index contributed by atoms with van der Waals surface area (Å²) in [7, 11) is 0. The number of allylic oxidation sites excluding steroid dienone is 2. The van der Waals surface area contributed by atoms with Gasteiger partial charge in [0.25, 0.3) is 0 Å². The van der Waals surface area contributed by atoms with Gasteiger partial charge in [-0.3, -0.25) is 0 Å². The average Bonchev–Trinajstić information content (AvgIpc) is 2.54. The summed E-state index contributed by atoms with van der Waals surface area (Å²) in [6.45, 7) is 5.48. The molecule has 1 heterocycles. The molecule has 1 aromatic carbocycles. The molecule has 0 spiro atoms. The van der Waals surface area contributed by atoms with E-state index in [0.29, 0.717) is 28.4 Å². The molecule has 0 fully saturated rings. The third-order valence-corrected chi connectivity index (χ3v) is 4.77. The van der Waals surface area contributed by atoms with E-state index in [0.717, 1.165) is 0 Å². The number of rotatable bonds is 5. The van der Waals surface area contributed by atoms with Gasteiger partial charge in [0.2, 0.25) is 0 Å². The van der Waals surface area contributed by atoms with Gasteiger partial charge in [-0.25, -0.2) is 9.59 Å². The molecule has 134 valence electrons. The van der Waals surface area contributed by atoms with Crippen molar-refractivity contribution in [3.05, 3.63) is 56.3 Å². The van der Waals surface area contributed by atoms with Crippen LogP contribution in [0.3, 0.4) is 0 Å². The van der Waals surface area contributed by atoms with Gasteiger partial charge in [0.05, 0.1) is 33.7 Å². The SMILES string of the molecule is CCCOC(=O)C1=C(C)NC(C)=C(C(=O)O)[C@@H]1c1cccc(Cl)c1Cl. The first-order valence-corrected chi connectivity index (χ1v) is 8.58. The molecule has 0 aromatic heterocycles. The number of hydrogen-bond donors (Lipinski definition) is 2. The molecule has 1 aliphatic heterocycles. The van der Waals surface area contributed by atoms with E-state index in [1.165, 1.54) is 0 Å². The van der Waals surface area contributed by atoms with Crippen LogP contribution in [0.15, 0.2) is 40.7 Å². The molecule has 0 saturated carbocycles. The fraction of sp³-hybridized carbons (Fsp3) is 0.333. The number of ether oxygens (including phenoxy) is 1. The van der Waals surface area contributed by atoms with Crippen molar-refractivity contribution in [2.24, 2.45) is 0 Å². The Morgan fingerprint density at radius 3 is 2.44 bits per heavy atom. The lowest BCUT2D eigenvalue weighted by Gasteiger charge is -2.30. The van der Waals surface area contributed by atoms with Crippen molar-refractivity contribution < 1.29 is 19.4 Å². The van der Waals surface area contributed by atoms with Gasteiger partial charge in [0.1, 0.15) is 0 Å². The summed E-state index contributed by atoms with van der Waals surface area (Å²) in [6, 6.07) is 4.95. The maximum absolute atomic E-state index is 12.6. The smallest absolute Gasteiger partial charge is 0.336 e. The van der Waals surface area contributed by atoms with E-state index in [1.54, 1.807) is 32.0 Å². The molecule has 7 heteroatoms. The predicted molar refractivity (Wildman–Crippen MR) is 96.6 cm³/mol. The first kappa shape index (κ1) is 19.3. The van der Waals surface area contributed by atoms with Crippen LogP contribution in [0.1, 0.15) is 38.7 Å². The van der Waals surface area contributed by atoms with E-state index in [1.807, 2.05) is 6.92 Å². The molecule has 0 unspecified atom stereocenters. The molecule has 0 amide bonds. The van der Waals surface area contributed by atoms with Crippen molar-refractivity contribution in [3.63, 3.8) is 0 Å². The maximum Gasteiger partial charge on any atom is 0.336 e. The molecular weight excluding hydrogens is 365 g/mol. The molecule has 0 bridgehead atoms. The van der Waals surface area contributed by atoms with Crippen LogP contribution < -0.4 is 5.32 Å². The molecule has 0 saturated heterocycles. The molecule has 0 aliphatic carbocycles. The summed E-state index contributed by atoms with van der Waals surface area (Å²) in [5, 5.41) is 13.2. The Hall–Kier alpha value is -1.98. The minimum Gasteiger partial charge on any atom is -0.478 e. The standard InChI is InChI=1S/C18H19Cl2NO4/c1-4-8-25-18(24)14-10(3)21-9(2)13(17(22)23)15(14)11-6-5-7-12(19)16(11)20/h5-7,15,21H,4,8H2,1-3H3,(H,22,23)/t15-/m0/s1. The van der Waals surface area contributed by atoms with Gasteiger partial charge >= 0.3 is 11.9 Å². The van der Waals surface area contributed by atoms with E-state index in [4.69, 9.17) is 27.9 Å². The zero-order chi connectivity index (χ0) is 18.7. The van der Waals surface area contributed by atoms with Gasteiger partial charge in [0, 0.05) is 11.4 Å². The van der Waals surface area contributed by atoms with Crippen molar-refractivity contribution in [2.45, 2.75) is 33.1 Å². The third-order valence-electron chi connectivity index (χ3n) is 3.94. The molecule has 2 rings (SSSR count). The topological polar surface area (TPSA) is 75.6 Å². The monoisotopic (exact) mass is 383 g/mol. The van der Waals surface area contributed by atoms with Crippen molar-refractivity contribution in [3.8, 4) is 0 Å². The van der Waals surface area contributed by atoms with E-state index in [-0.39, 0.29) is 22.8 Å². The lowest BCUT2D eigenvalue weighted by molar-refractivity contribution is -0.139. The molecular formula is C18H19Cl2NO4. The van der Waals surface area contributed by atoms with E-state index < -0.39 is 17.9 Å². The fourth-order valence-electron chi connectivity index (χ4n) is 2.88. The molecule has 1 atom stereocenters. The first-order chi connectivity index (χ1) is 11.8. The highest BCUT2D eigenvalue weighted by Crippen LogP contribution is 2.43. The number of carboxylic acid groups (broad SMARTS) is 1. The molecule has 2 N–H and O–H groups in total. The number of nitrogens with one attached hydrogen (secondary N) is 1. The molecule has 25 heavy (non-hydrogen) atoms. The minimum absolute atomic E-state index is 0.0400. The Kier molecular flexibility index (Phi) is 6.14. The van der Waals surface area contributed by atoms with Gasteiger partial charge in [-0.2, -0.15) is 0 Å². The van der Waals surface area contributed by atoms with Gasteiger partial charge in [-0.05, 0) is 31.9 Å². The largest absolute Gasteiger partial charge is 0.478 e. The molecule has 1 aromatic rings. The third kappa shape index (κ3) is 3.83. The second-order valence-electron chi connectivity index (χ2n) is 5.72. The Morgan fingerprint density at radius 1 is 1.20 bits per heavy atom. The Labute approximate surface area is 156 Å². The van der Waals surface area contributed by atoms with Crippen LogP contribution in [0.25, 0.3) is 0 Å². The summed E-state index contributed by atoms with van der Waals surface area (Å²) in [4.78, 5) is 24.5. The molecule has 5 nitrogen and oxygen atoms in total. The van der Waals surface area contributed by atoms with Crippen LogP contribution in [-0.4, -0.2) is 23.7 Å². The van der Waals surface area contributed by atoms with Crippen molar-refractivity contribution in [1.82, 2.24) is 5.32 Å². The fourth-order valence-corrected chi connectivity index (χ4v) is 3.29. The van der Waals surface area contributed by atoms with Gasteiger partial charge in [0.15, 0.2) is 0 Å². The van der Waals surface area contributed by atoms with Crippen molar-refractivity contribution >= 4 is 35.1 Å². The number of benzene rings is 1. The van der Waals surface area contributed by atoms with Crippen LogP contribution in [-0.2, 0) is 14.3 Å². The number of dihydropyridines is 1. The van der Waals surface area contributed by atoms with Crippen LogP contribution in [0.5, 0.6) is 0 Å². The minimum atomic E-state index is -1.14. The highest BCUT2D eigenvalue weighted by atomic mass is 35.5. The van der Waals surface area contributed by atoms with Crippen LogP contribution in [0, 0.1) is 0 Å². The Bertz CT molecular complexity index is 783. The van der Waals surface area contributed by atoms with Crippen molar-refractivity contribution in [2.75, 3.05) is 6.61 Å². The van der Waals surface area contributed by atoms with E-state index in [9.17, 15) is 14.7 Å². The van der Waals surface area contributed by atoms with E-state index >= 15 is 0 Å². The van der Waals surface area contributed by atoms with Crippen molar-refractivity contribution in [1.29, 1.82) is 0 Å². The zero-order valence-corrected chi connectivity index (χ0v) is 15.7.